The van der Waals surface area contributed by atoms with Crippen molar-refractivity contribution < 1.29 is 24.5 Å². The van der Waals surface area contributed by atoms with Crippen LogP contribution < -0.4 is 10.1 Å². The monoisotopic (exact) mass is 335 g/mol. The fraction of sp³-hybridized carbons (Fsp3) is 0.125. The minimum absolute atomic E-state index is 0.101. The van der Waals surface area contributed by atoms with E-state index < -0.39 is 11.7 Å². The van der Waals surface area contributed by atoms with E-state index in [2.05, 4.69) is 5.32 Å². The molecule has 6 nitrogen and oxygen atoms in total. The van der Waals surface area contributed by atoms with Crippen molar-refractivity contribution in [2.24, 2.45) is 0 Å². The second-order valence-corrected chi connectivity index (χ2v) is 5.07. The minimum atomic E-state index is -1.24. The zero-order valence-corrected chi connectivity index (χ0v) is 12.7. The summed E-state index contributed by atoms with van der Waals surface area (Å²) in [7, 11) is 0. The molecular weight excluding hydrogens is 322 g/mol. The first-order chi connectivity index (χ1) is 11.0. The van der Waals surface area contributed by atoms with E-state index in [4.69, 9.17) is 21.4 Å². The first-order valence-corrected chi connectivity index (χ1v) is 7.08. The fourth-order valence-electron chi connectivity index (χ4n) is 1.81. The van der Waals surface area contributed by atoms with E-state index >= 15 is 0 Å². The lowest BCUT2D eigenvalue weighted by Crippen LogP contribution is -2.15. The summed E-state index contributed by atoms with van der Waals surface area (Å²) >= 11 is 5.75. The number of rotatable bonds is 6. The maximum atomic E-state index is 11.8. The molecule has 3 N–H and O–H groups in total. The summed E-state index contributed by atoms with van der Waals surface area (Å²) in [6.07, 6.45) is 0.101. The molecule has 120 valence electrons. The highest BCUT2D eigenvalue weighted by Crippen LogP contribution is 2.22. The number of amides is 1. The van der Waals surface area contributed by atoms with E-state index in [9.17, 15) is 14.7 Å². The summed E-state index contributed by atoms with van der Waals surface area (Å²) in [5, 5.41) is 21.5. The van der Waals surface area contributed by atoms with Crippen molar-refractivity contribution in [3.8, 4) is 11.5 Å². The van der Waals surface area contributed by atoms with Crippen LogP contribution in [0.2, 0.25) is 5.02 Å². The normalized spacial score (nSPS) is 10.1. The van der Waals surface area contributed by atoms with Crippen LogP contribution in [0.15, 0.2) is 42.5 Å². The lowest BCUT2D eigenvalue weighted by molar-refractivity contribution is -0.116. The maximum absolute atomic E-state index is 11.8. The molecule has 0 saturated carbocycles. The summed E-state index contributed by atoms with van der Waals surface area (Å²) in [5.41, 5.74) is 0.0815. The Hall–Kier alpha value is -2.73. The van der Waals surface area contributed by atoms with Gasteiger partial charge in [-0.3, -0.25) is 4.79 Å². The van der Waals surface area contributed by atoms with Gasteiger partial charge >= 0.3 is 5.97 Å². The number of benzene rings is 2. The lowest BCUT2D eigenvalue weighted by atomic mass is 10.2. The molecule has 0 aliphatic heterocycles. The van der Waals surface area contributed by atoms with Gasteiger partial charge in [0, 0.05) is 16.8 Å². The predicted molar refractivity (Wildman–Crippen MR) is 85.3 cm³/mol. The number of hydrogen-bond acceptors (Lipinski definition) is 4. The number of halogens is 1. The number of aromatic hydroxyl groups is 1. The number of carbonyl (C=O) groups excluding carboxylic acids is 1. The molecule has 0 saturated heterocycles. The molecule has 0 aliphatic rings. The fourth-order valence-corrected chi connectivity index (χ4v) is 1.93. The van der Waals surface area contributed by atoms with Crippen LogP contribution in [0.4, 0.5) is 5.69 Å². The van der Waals surface area contributed by atoms with Crippen LogP contribution in [0, 0.1) is 0 Å². The molecule has 2 rings (SSSR count). The Kier molecular flexibility index (Phi) is 5.43. The topological polar surface area (TPSA) is 95.9 Å². The number of phenols is 1. The van der Waals surface area contributed by atoms with Crippen LogP contribution in [0.3, 0.4) is 0 Å². The molecule has 0 atom stereocenters. The lowest BCUT2D eigenvalue weighted by Gasteiger charge is -2.08. The van der Waals surface area contributed by atoms with Gasteiger partial charge in [-0.2, -0.15) is 0 Å². The first-order valence-electron chi connectivity index (χ1n) is 6.70. The SMILES string of the molecule is O=C(CCOc1ccc(Cl)cc1)Nc1ccc(C(=O)O)c(O)c1. The molecule has 7 heteroatoms. The van der Waals surface area contributed by atoms with Crippen LogP contribution in [0.1, 0.15) is 16.8 Å². The molecule has 1 amide bonds. The molecule has 0 heterocycles. The Morgan fingerprint density at radius 2 is 1.83 bits per heavy atom. The average molecular weight is 336 g/mol. The highest BCUT2D eigenvalue weighted by atomic mass is 35.5. The van der Waals surface area contributed by atoms with Gasteiger partial charge in [0.2, 0.25) is 5.91 Å². The Morgan fingerprint density at radius 3 is 2.43 bits per heavy atom. The number of carbonyl (C=O) groups is 2. The Balaban J connectivity index is 1.84. The second kappa shape index (κ2) is 7.51. The molecule has 2 aromatic rings. The highest BCUT2D eigenvalue weighted by Gasteiger charge is 2.11. The van der Waals surface area contributed by atoms with Gasteiger partial charge in [0.25, 0.3) is 0 Å². The van der Waals surface area contributed by atoms with E-state index in [0.717, 1.165) is 0 Å². The molecular formula is C16H14ClNO5. The number of carboxylic acid groups (broad SMARTS) is 1. The highest BCUT2D eigenvalue weighted by molar-refractivity contribution is 6.30. The predicted octanol–water partition coefficient (Wildman–Crippen LogP) is 3.15. The van der Waals surface area contributed by atoms with Crippen molar-refractivity contribution in [1.29, 1.82) is 0 Å². The van der Waals surface area contributed by atoms with Gasteiger partial charge in [0.1, 0.15) is 17.1 Å². The Morgan fingerprint density at radius 1 is 1.13 bits per heavy atom. The van der Waals surface area contributed by atoms with Gasteiger partial charge in [0.05, 0.1) is 13.0 Å². The second-order valence-electron chi connectivity index (χ2n) is 4.64. The van der Waals surface area contributed by atoms with E-state index in [0.29, 0.717) is 16.5 Å². The van der Waals surface area contributed by atoms with Crippen LogP contribution in [0.5, 0.6) is 11.5 Å². The zero-order valence-electron chi connectivity index (χ0n) is 12.0. The molecule has 2 aromatic carbocycles. The van der Waals surface area contributed by atoms with Crippen molar-refractivity contribution in [1.82, 2.24) is 0 Å². The molecule has 0 unspecified atom stereocenters. The van der Waals surface area contributed by atoms with Gasteiger partial charge in [-0.15, -0.1) is 0 Å². The van der Waals surface area contributed by atoms with Crippen molar-refractivity contribution >= 4 is 29.2 Å². The number of nitrogens with one attached hydrogen (secondary N) is 1. The summed E-state index contributed by atoms with van der Waals surface area (Å²) in [6, 6.07) is 10.6. The van der Waals surface area contributed by atoms with E-state index in [1.54, 1.807) is 24.3 Å². The largest absolute Gasteiger partial charge is 0.507 e. The summed E-state index contributed by atoms with van der Waals surface area (Å²) in [5.74, 6) is -1.36. The molecule has 0 spiro atoms. The summed E-state index contributed by atoms with van der Waals surface area (Å²) < 4.78 is 5.40. The van der Waals surface area contributed by atoms with Gasteiger partial charge < -0.3 is 20.3 Å². The third-order valence-corrected chi connectivity index (χ3v) is 3.18. The molecule has 0 bridgehead atoms. The van der Waals surface area contributed by atoms with Crippen molar-refractivity contribution in [3.05, 3.63) is 53.1 Å². The standard InChI is InChI=1S/C16H14ClNO5/c17-10-1-4-12(5-2-10)23-8-7-15(20)18-11-3-6-13(16(21)22)14(19)9-11/h1-6,9,19H,7-8H2,(H,18,20)(H,21,22). The van der Waals surface area contributed by atoms with Crippen LogP contribution in [-0.2, 0) is 4.79 Å². The van der Waals surface area contributed by atoms with Gasteiger partial charge in [0.15, 0.2) is 0 Å². The summed E-state index contributed by atoms with van der Waals surface area (Å²) in [4.78, 5) is 22.6. The van der Waals surface area contributed by atoms with Crippen molar-refractivity contribution in [3.63, 3.8) is 0 Å². The Labute approximate surface area is 137 Å². The number of ether oxygens (including phenoxy) is 1. The number of carboxylic acids is 1. The average Bonchev–Trinajstić information content (AvgIpc) is 2.49. The van der Waals surface area contributed by atoms with Gasteiger partial charge in [-0.05, 0) is 36.4 Å². The zero-order chi connectivity index (χ0) is 16.8. The summed E-state index contributed by atoms with van der Waals surface area (Å²) in [6.45, 7) is 0.173. The third-order valence-electron chi connectivity index (χ3n) is 2.92. The van der Waals surface area contributed by atoms with Crippen molar-refractivity contribution in [2.45, 2.75) is 6.42 Å². The van der Waals surface area contributed by atoms with Gasteiger partial charge in [-0.25, -0.2) is 4.79 Å². The molecule has 0 radical (unpaired) electrons. The Bertz CT molecular complexity index is 715. The van der Waals surface area contributed by atoms with Crippen LogP contribution in [-0.4, -0.2) is 28.7 Å². The minimum Gasteiger partial charge on any atom is -0.507 e. The quantitative estimate of drug-likeness (QED) is 0.753. The van der Waals surface area contributed by atoms with Crippen LogP contribution >= 0.6 is 11.6 Å². The maximum Gasteiger partial charge on any atom is 0.339 e. The number of anilines is 1. The molecule has 0 fully saturated rings. The third kappa shape index (κ3) is 4.89. The van der Waals surface area contributed by atoms with E-state index in [1.807, 2.05) is 0 Å². The smallest absolute Gasteiger partial charge is 0.339 e. The number of aromatic carboxylic acids is 1. The van der Waals surface area contributed by atoms with E-state index in [1.165, 1.54) is 18.2 Å². The van der Waals surface area contributed by atoms with Crippen LogP contribution in [0.25, 0.3) is 0 Å². The van der Waals surface area contributed by atoms with Gasteiger partial charge in [-0.1, -0.05) is 11.6 Å². The van der Waals surface area contributed by atoms with Crippen molar-refractivity contribution in [2.75, 3.05) is 11.9 Å². The molecule has 0 aromatic heterocycles. The van der Waals surface area contributed by atoms with E-state index in [-0.39, 0.29) is 24.5 Å². The molecule has 23 heavy (non-hydrogen) atoms. The first kappa shape index (κ1) is 16.6. The number of hydrogen-bond donors (Lipinski definition) is 3. The molecule has 0 aliphatic carbocycles.